The molecule has 2 saturated carbocycles. The Bertz CT molecular complexity index is 1610. The smallest absolute Gasteiger partial charge is 0.279 e. The lowest BCUT2D eigenvalue weighted by Crippen LogP contribution is -2.51. The first-order valence-corrected chi connectivity index (χ1v) is 13.7. The van der Waals surface area contributed by atoms with Gasteiger partial charge in [0.25, 0.3) is 11.5 Å². The van der Waals surface area contributed by atoms with Crippen LogP contribution in [0.3, 0.4) is 0 Å². The second kappa shape index (κ2) is 8.82. The van der Waals surface area contributed by atoms with Gasteiger partial charge in [-0.1, -0.05) is 12.1 Å². The van der Waals surface area contributed by atoms with Crippen LogP contribution in [-0.4, -0.2) is 60.9 Å². The Labute approximate surface area is 224 Å². The first kappa shape index (κ1) is 24.7. The molecule has 4 heterocycles. The van der Waals surface area contributed by atoms with E-state index in [2.05, 4.69) is 33.1 Å². The van der Waals surface area contributed by atoms with Crippen molar-refractivity contribution in [1.82, 2.24) is 29.2 Å². The van der Waals surface area contributed by atoms with E-state index in [-0.39, 0.29) is 24.5 Å². The number of aromatic nitrogens is 5. The summed E-state index contributed by atoms with van der Waals surface area (Å²) < 4.78 is 37.7. The summed E-state index contributed by atoms with van der Waals surface area (Å²) in [4.78, 5) is 19.6. The average Bonchev–Trinajstić information content (AvgIpc) is 3.50. The summed E-state index contributed by atoms with van der Waals surface area (Å²) in [6.07, 6.45) is 5.21. The molecule has 0 spiro atoms. The van der Waals surface area contributed by atoms with Crippen LogP contribution in [0, 0.1) is 0 Å². The average molecular weight is 535 g/mol. The van der Waals surface area contributed by atoms with E-state index in [9.17, 15) is 13.6 Å². The van der Waals surface area contributed by atoms with Gasteiger partial charge >= 0.3 is 0 Å². The standard InChI is InChI=1S/C29H32F2N6O2/c1-18-12-36(8-9-39-18)13-21-11-23-24(19-6-7-19)14-37(26(38)25(23)33-21)22-5-3-4-20(10-22)28(15-29(30,31)16-28)27-34-32-17-35(27)2/h3-5,10-11,14,17-19,33H,6-9,12-13,15-16H2,1-2H3/t18-/m1/s1. The first-order chi connectivity index (χ1) is 18.7. The molecule has 7 rings (SSSR count). The minimum Gasteiger partial charge on any atom is -0.376 e. The van der Waals surface area contributed by atoms with Crippen molar-refractivity contribution in [3.05, 3.63) is 75.9 Å². The zero-order chi connectivity index (χ0) is 26.9. The van der Waals surface area contributed by atoms with Crippen molar-refractivity contribution >= 4 is 10.9 Å². The number of morpholine rings is 1. The molecule has 3 fully saturated rings. The van der Waals surface area contributed by atoms with Crippen molar-refractivity contribution in [3.8, 4) is 5.69 Å². The van der Waals surface area contributed by atoms with Crippen LogP contribution in [0.15, 0.2) is 47.7 Å². The molecule has 1 aliphatic heterocycles. The van der Waals surface area contributed by atoms with Crippen LogP contribution >= 0.6 is 0 Å². The molecule has 4 aromatic rings. The topological polar surface area (TPSA) is 81.0 Å². The zero-order valence-electron chi connectivity index (χ0n) is 22.2. The fraction of sp³-hybridized carbons (Fsp3) is 0.483. The number of aromatic amines is 1. The summed E-state index contributed by atoms with van der Waals surface area (Å²) in [5.74, 6) is -1.83. The molecule has 1 saturated heterocycles. The van der Waals surface area contributed by atoms with Gasteiger partial charge in [-0.2, -0.15) is 0 Å². The summed E-state index contributed by atoms with van der Waals surface area (Å²) in [5.41, 5.74) is 3.06. The molecule has 0 amide bonds. The van der Waals surface area contributed by atoms with Crippen LogP contribution in [-0.2, 0) is 23.7 Å². The number of benzene rings is 1. The Kier molecular flexibility index (Phi) is 5.58. The number of halogens is 2. The van der Waals surface area contributed by atoms with Gasteiger partial charge in [-0.05, 0) is 55.0 Å². The molecule has 0 radical (unpaired) electrons. The Hall–Kier alpha value is -3.37. The maximum atomic E-state index is 14.3. The van der Waals surface area contributed by atoms with Crippen molar-refractivity contribution in [2.75, 3.05) is 19.7 Å². The van der Waals surface area contributed by atoms with Crippen LogP contribution in [0.2, 0.25) is 0 Å². The summed E-state index contributed by atoms with van der Waals surface area (Å²) in [6, 6.07) is 9.56. The minimum atomic E-state index is -2.77. The third-order valence-electron chi connectivity index (χ3n) is 8.56. The van der Waals surface area contributed by atoms with Gasteiger partial charge in [0, 0.05) is 62.5 Å². The highest BCUT2D eigenvalue weighted by molar-refractivity contribution is 5.84. The number of ether oxygens (including phenoxy) is 1. The number of rotatable bonds is 6. The molecule has 39 heavy (non-hydrogen) atoms. The van der Waals surface area contributed by atoms with Crippen LogP contribution in [0.4, 0.5) is 8.78 Å². The molecular weight excluding hydrogens is 502 g/mol. The Balaban J connectivity index is 1.30. The minimum absolute atomic E-state index is 0.139. The van der Waals surface area contributed by atoms with Crippen LogP contribution in [0.1, 0.15) is 61.2 Å². The van der Waals surface area contributed by atoms with Gasteiger partial charge in [-0.15, -0.1) is 10.2 Å². The van der Waals surface area contributed by atoms with E-state index in [0.717, 1.165) is 54.7 Å². The third kappa shape index (κ3) is 4.21. The van der Waals surface area contributed by atoms with E-state index in [1.807, 2.05) is 30.5 Å². The van der Waals surface area contributed by atoms with E-state index >= 15 is 0 Å². The van der Waals surface area contributed by atoms with E-state index in [1.165, 1.54) is 6.33 Å². The van der Waals surface area contributed by atoms with Crippen molar-refractivity contribution < 1.29 is 13.5 Å². The molecule has 1 atom stereocenters. The fourth-order valence-corrected chi connectivity index (χ4v) is 6.56. The monoisotopic (exact) mass is 534 g/mol. The van der Waals surface area contributed by atoms with Crippen molar-refractivity contribution in [3.63, 3.8) is 0 Å². The lowest BCUT2D eigenvalue weighted by atomic mass is 9.61. The zero-order valence-corrected chi connectivity index (χ0v) is 22.2. The molecule has 204 valence electrons. The largest absolute Gasteiger partial charge is 0.376 e. The normalized spacial score (nSPS) is 22.7. The molecule has 2 aliphatic carbocycles. The molecule has 1 N–H and O–H groups in total. The van der Waals surface area contributed by atoms with Gasteiger partial charge in [0.15, 0.2) is 0 Å². The fourth-order valence-electron chi connectivity index (χ4n) is 6.56. The molecule has 0 unspecified atom stereocenters. The van der Waals surface area contributed by atoms with Gasteiger partial charge in [0.1, 0.15) is 17.7 Å². The number of hydrogen-bond acceptors (Lipinski definition) is 5. The number of nitrogens with one attached hydrogen (secondary N) is 1. The van der Waals surface area contributed by atoms with Gasteiger partial charge in [-0.3, -0.25) is 14.3 Å². The van der Waals surface area contributed by atoms with Crippen LogP contribution in [0.5, 0.6) is 0 Å². The number of pyridine rings is 1. The molecule has 3 aromatic heterocycles. The molecular formula is C29H32F2N6O2. The lowest BCUT2D eigenvalue weighted by molar-refractivity contribution is -0.116. The van der Waals surface area contributed by atoms with Crippen LogP contribution < -0.4 is 5.56 Å². The van der Waals surface area contributed by atoms with E-state index in [0.29, 0.717) is 29.6 Å². The number of aryl methyl sites for hydroxylation is 1. The summed E-state index contributed by atoms with van der Waals surface area (Å²) >= 11 is 0. The second-order valence-electron chi connectivity index (χ2n) is 11.6. The number of fused-ring (bicyclic) bond motifs is 1. The first-order valence-electron chi connectivity index (χ1n) is 13.7. The molecule has 1 aromatic carbocycles. The maximum Gasteiger partial charge on any atom is 0.279 e. The van der Waals surface area contributed by atoms with Crippen LogP contribution in [0.25, 0.3) is 16.6 Å². The summed E-state index contributed by atoms with van der Waals surface area (Å²) in [5, 5.41) is 9.15. The second-order valence-corrected chi connectivity index (χ2v) is 11.6. The van der Waals surface area contributed by atoms with Crippen molar-refractivity contribution in [2.45, 2.75) is 62.5 Å². The maximum absolute atomic E-state index is 14.3. The predicted molar refractivity (Wildman–Crippen MR) is 143 cm³/mol. The third-order valence-corrected chi connectivity index (χ3v) is 8.56. The SMILES string of the molecule is C[C@@H]1CN(Cc2cc3c(C4CC4)cn(-c4cccc(C5(c6nncn6C)CC(F)(F)C5)c4)c(=O)c3[nH]2)CCO1. The number of alkyl halides is 2. The van der Waals surface area contributed by atoms with Gasteiger partial charge in [0.2, 0.25) is 0 Å². The number of hydrogen-bond donors (Lipinski definition) is 1. The highest BCUT2D eigenvalue weighted by Gasteiger charge is 2.60. The summed E-state index contributed by atoms with van der Waals surface area (Å²) in [7, 11) is 1.78. The van der Waals surface area contributed by atoms with Crippen molar-refractivity contribution in [2.24, 2.45) is 7.05 Å². The van der Waals surface area contributed by atoms with Gasteiger partial charge < -0.3 is 14.3 Å². The highest BCUT2D eigenvalue weighted by atomic mass is 19.3. The Morgan fingerprint density at radius 1 is 1.21 bits per heavy atom. The highest BCUT2D eigenvalue weighted by Crippen LogP contribution is 2.56. The quantitative estimate of drug-likeness (QED) is 0.400. The van der Waals surface area contributed by atoms with Gasteiger partial charge in [0.05, 0.1) is 18.1 Å². The molecule has 10 heteroatoms. The molecule has 3 aliphatic rings. The lowest BCUT2D eigenvalue weighted by Gasteiger charge is -2.46. The molecule has 0 bridgehead atoms. The van der Waals surface area contributed by atoms with E-state index < -0.39 is 11.3 Å². The predicted octanol–water partition coefficient (Wildman–Crippen LogP) is 4.26. The van der Waals surface area contributed by atoms with Gasteiger partial charge in [-0.25, -0.2) is 8.78 Å². The van der Waals surface area contributed by atoms with Crippen molar-refractivity contribution in [1.29, 1.82) is 0 Å². The molecule has 8 nitrogen and oxygen atoms in total. The number of H-pyrrole nitrogens is 1. The summed E-state index contributed by atoms with van der Waals surface area (Å²) in [6.45, 7) is 5.23. The van der Waals surface area contributed by atoms with E-state index in [4.69, 9.17) is 4.74 Å². The van der Waals surface area contributed by atoms with E-state index in [1.54, 1.807) is 16.2 Å². The number of nitrogens with zero attached hydrogens (tertiary/aromatic N) is 5. The Morgan fingerprint density at radius 3 is 2.72 bits per heavy atom. The Morgan fingerprint density at radius 2 is 2.03 bits per heavy atom.